The number of thioether (sulfide) groups is 1. The van der Waals surface area contributed by atoms with Crippen LogP contribution in [0, 0.1) is 0 Å². The Morgan fingerprint density at radius 2 is 1.93 bits per heavy atom. The Bertz CT molecular complexity index is 922. The highest BCUT2D eigenvalue weighted by Gasteiger charge is 2.33. The van der Waals surface area contributed by atoms with Crippen LogP contribution in [-0.2, 0) is 19.6 Å². The lowest BCUT2D eigenvalue weighted by molar-refractivity contribution is -0.135. The Hall–Kier alpha value is -2.07. The molecule has 8 nitrogen and oxygen atoms in total. The van der Waals surface area contributed by atoms with Crippen LogP contribution in [0.4, 0.5) is 5.69 Å². The molecular weight excluding hydrogens is 390 g/mol. The maximum atomic E-state index is 12.3. The third-order valence-electron chi connectivity index (χ3n) is 4.74. The number of amidine groups is 1. The van der Waals surface area contributed by atoms with Crippen LogP contribution in [0.5, 0.6) is 0 Å². The van der Waals surface area contributed by atoms with Crippen molar-refractivity contribution in [3.05, 3.63) is 23.8 Å². The average molecular weight is 409 g/mol. The van der Waals surface area contributed by atoms with Crippen LogP contribution in [0.25, 0.3) is 0 Å². The van der Waals surface area contributed by atoms with Crippen LogP contribution in [0.1, 0.15) is 29.6 Å². The summed E-state index contributed by atoms with van der Waals surface area (Å²) in [5.41, 5.74) is 1.16. The summed E-state index contributed by atoms with van der Waals surface area (Å²) in [6.07, 6.45) is 3.09. The van der Waals surface area contributed by atoms with Crippen LogP contribution in [0.15, 0.2) is 27.5 Å². The first-order valence-corrected chi connectivity index (χ1v) is 11.2. The fourth-order valence-electron chi connectivity index (χ4n) is 3.30. The third-order valence-corrected chi connectivity index (χ3v) is 7.05. The molecule has 0 N–H and O–H groups in total. The average Bonchev–Trinajstić information content (AvgIpc) is 3.01. The van der Waals surface area contributed by atoms with Gasteiger partial charge in [-0.15, -0.1) is 4.40 Å². The third kappa shape index (κ3) is 3.81. The maximum absolute atomic E-state index is 12.3. The van der Waals surface area contributed by atoms with Gasteiger partial charge in [-0.05, 0) is 49.2 Å². The summed E-state index contributed by atoms with van der Waals surface area (Å²) in [5.74, 6) is -0.766. The number of rotatable bonds is 3. The van der Waals surface area contributed by atoms with Gasteiger partial charge >= 0.3 is 5.97 Å². The number of sulfonamides is 1. The van der Waals surface area contributed by atoms with Crippen molar-refractivity contribution in [3.63, 3.8) is 0 Å². The van der Waals surface area contributed by atoms with Crippen molar-refractivity contribution in [1.82, 2.24) is 4.90 Å². The van der Waals surface area contributed by atoms with E-state index >= 15 is 0 Å². The molecule has 4 rings (SSSR count). The minimum absolute atomic E-state index is 0.0289. The van der Waals surface area contributed by atoms with E-state index in [1.54, 1.807) is 23.1 Å². The minimum Gasteiger partial charge on any atom is -0.452 e. The van der Waals surface area contributed by atoms with Crippen LogP contribution in [-0.4, -0.2) is 62.4 Å². The molecule has 3 aliphatic rings. The smallest absolute Gasteiger partial charge is 0.338 e. The molecule has 10 heteroatoms. The predicted octanol–water partition coefficient (Wildman–Crippen LogP) is 1.47. The number of carbonyl (C=O) groups excluding carboxylic acids is 2. The van der Waals surface area contributed by atoms with Crippen molar-refractivity contribution < 1.29 is 22.7 Å². The molecule has 0 bridgehead atoms. The van der Waals surface area contributed by atoms with Gasteiger partial charge in [0.05, 0.1) is 17.0 Å². The molecule has 0 aromatic heterocycles. The summed E-state index contributed by atoms with van der Waals surface area (Å²) in [6.45, 7) is 1.51. The van der Waals surface area contributed by atoms with E-state index in [0.717, 1.165) is 29.8 Å². The van der Waals surface area contributed by atoms with Gasteiger partial charge in [-0.2, -0.15) is 0 Å². The minimum atomic E-state index is -3.42. The number of hydrogen-bond acceptors (Lipinski definition) is 7. The van der Waals surface area contributed by atoms with Crippen molar-refractivity contribution in [2.24, 2.45) is 4.40 Å². The number of carbonyl (C=O) groups is 2. The standard InChI is InChI=1S/C17H19N3O5S2/c21-15(19-6-2-1-3-7-19)11-25-16(22)12-4-5-13-14(10-12)26-17-18-27(23,24)9-8-20(13)17/h4-5,10H,1-3,6-9,11H2. The molecule has 0 atom stereocenters. The number of hydrogen-bond donors (Lipinski definition) is 0. The molecule has 0 unspecified atom stereocenters. The first-order chi connectivity index (χ1) is 12.9. The van der Waals surface area contributed by atoms with Gasteiger partial charge in [-0.1, -0.05) is 0 Å². The number of amides is 1. The number of fused-ring (bicyclic) bond motifs is 3. The number of ether oxygens (including phenoxy) is 1. The zero-order valence-corrected chi connectivity index (χ0v) is 16.2. The van der Waals surface area contributed by atoms with Crippen molar-refractivity contribution in [3.8, 4) is 0 Å². The van der Waals surface area contributed by atoms with Crippen molar-refractivity contribution in [1.29, 1.82) is 0 Å². The van der Waals surface area contributed by atoms with Crippen molar-refractivity contribution in [2.75, 3.05) is 36.9 Å². The zero-order valence-electron chi connectivity index (χ0n) is 14.6. The summed E-state index contributed by atoms with van der Waals surface area (Å²) in [6, 6.07) is 5.03. The quantitative estimate of drug-likeness (QED) is 0.698. The zero-order chi connectivity index (χ0) is 19.0. The second kappa shape index (κ2) is 7.16. The largest absolute Gasteiger partial charge is 0.452 e. The monoisotopic (exact) mass is 409 g/mol. The molecule has 3 aliphatic heterocycles. The van der Waals surface area contributed by atoms with Crippen molar-refractivity contribution >= 4 is 44.5 Å². The number of benzene rings is 1. The molecular formula is C17H19N3O5S2. The summed E-state index contributed by atoms with van der Waals surface area (Å²) in [5, 5.41) is 0.405. The molecule has 0 spiro atoms. The number of piperidine rings is 1. The van der Waals surface area contributed by atoms with Crippen LogP contribution >= 0.6 is 11.8 Å². The fourth-order valence-corrected chi connectivity index (χ4v) is 5.60. The lowest BCUT2D eigenvalue weighted by Crippen LogP contribution is -2.38. The molecule has 3 heterocycles. The van der Waals surface area contributed by atoms with Crippen LogP contribution < -0.4 is 4.90 Å². The van der Waals surface area contributed by atoms with Crippen LogP contribution in [0.3, 0.4) is 0 Å². The summed E-state index contributed by atoms with van der Waals surface area (Å²) in [7, 11) is -3.42. The lowest BCUT2D eigenvalue weighted by Gasteiger charge is -2.26. The first-order valence-electron chi connectivity index (χ1n) is 8.80. The van der Waals surface area contributed by atoms with Gasteiger partial charge < -0.3 is 14.5 Å². The van der Waals surface area contributed by atoms with E-state index in [2.05, 4.69) is 4.40 Å². The van der Waals surface area contributed by atoms with Gasteiger partial charge in [0.15, 0.2) is 11.8 Å². The first kappa shape index (κ1) is 18.3. The van der Waals surface area contributed by atoms with E-state index < -0.39 is 16.0 Å². The molecule has 0 saturated carbocycles. The van der Waals surface area contributed by atoms with E-state index in [-0.39, 0.29) is 18.3 Å². The van der Waals surface area contributed by atoms with Gasteiger partial charge in [-0.3, -0.25) is 4.79 Å². The number of esters is 1. The SMILES string of the molecule is O=C(OCC(=O)N1CCCCC1)c1ccc2c(c1)SC1=NS(=O)(=O)CCN12. The molecule has 1 fully saturated rings. The maximum Gasteiger partial charge on any atom is 0.338 e. The molecule has 0 radical (unpaired) electrons. The summed E-state index contributed by atoms with van der Waals surface area (Å²) >= 11 is 1.21. The Kier molecular flexibility index (Phi) is 4.85. The number of nitrogens with zero attached hydrogens (tertiary/aromatic N) is 3. The number of anilines is 1. The van der Waals surface area contributed by atoms with E-state index in [4.69, 9.17) is 4.74 Å². The highest BCUT2D eigenvalue weighted by atomic mass is 32.2. The Labute approximate surface area is 161 Å². The summed E-state index contributed by atoms with van der Waals surface area (Å²) < 4.78 is 32.3. The Balaban J connectivity index is 1.43. The highest BCUT2D eigenvalue weighted by Crippen LogP contribution is 2.42. The predicted molar refractivity (Wildman–Crippen MR) is 102 cm³/mol. The second-order valence-electron chi connectivity index (χ2n) is 6.61. The summed E-state index contributed by atoms with van der Waals surface area (Å²) in [4.78, 5) is 28.7. The molecule has 1 saturated heterocycles. The Morgan fingerprint density at radius 1 is 1.15 bits per heavy atom. The van der Waals surface area contributed by atoms with E-state index in [1.807, 2.05) is 4.90 Å². The molecule has 1 amide bonds. The van der Waals surface area contributed by atoms with Crippen LogP contribution in [0.2, 0.25) is 0 Å². The fraction of sp³-hybridized carbons (Fsp3) is 0.471. The molecule has 1 aromatic rings. The van der Waals surface area contributed by atoms with Gasteiger partial charge in [0, 0.05) is 24.5 Å². The van der Waals surface area contributed by atoms with Gasteiger partial charge in [-0.25, -0.2) is 13.2 Å². The van der Waals surface area contributed by atoms with E-state index in [0.29, 0.717) is 30.4 Å². The normalized spacial score (nSPS) is 20.5. The Morgan fingerprint density at radius 3 is 2.70 bits per heavy atom. The van der Waals surface area contributed by atoms with Crippen molar-refractivity contribution in [2.45, 2.75) is 24.2 Å². The number of likely N-dealkylation sites (tertiary alicyclic amines) is 1. The second-order valence-corrected chi connectivity index (χ2v) is 9.38. The highest BCUT2D eigenvalue weighted by molar-refractivity contribution is 8.15. The molecule has 1 aromatic carbocycles. The lowest BCUT2D eigenvalue weighted by atomic mass is 10.1. The van der Waals surface area contributed by atoms with E-state index in [9.17, 15) is 18.0 Å². The molecule has 0 aliphatic carbocycles. The van der Waals surface area contributed by atoms with Gasteiger partial charge in [0.1, 0.15) is 0 Å². The topological polar surface area (TPSA) is 96.4 Å². The van der Waals surface area contributed by atoms with Gasteiger partial charge in [0.2, 0.25) is 0 Å². The molecule has 27 heavy (non-hydrogen) atoms. The molecule has 144 valence electrons. The van der Waals surface area contributed by atoms with Gasteiger partial charge in [0.25, 0.3) is 15.9 Å². The van der Waals surface area contributed by atoms with E-state index in [1.165, 1.54) is 11.8 Å².